The standard InChI is InChI=1S/C35H31ClN2O5/c1-2-8-31(32(39)22-9-4-3-5-10-22)43-35(42)28-20-30(37-29-18-15-23(36)19-27(28)29)21-13-16-24(17-14-21)38-33(40)25-11-6-7-12-26(25)34(38)41/h3-5,9-10,13-20,25-26,31H,2,6-8,11-12H2,1H3. The van der Waals surface area contributed by atoms with E-state index in [1.165, 1.54) is 4.90 Å². The maximum absolute atomic E-state index is 13.7. The predicted molar refractivity (Wildman–Crippen MR) is 165 cm³/mol. The van der Waals surface area contributed by atoms with Crippen LogP contribution in [0, 0.1) is 11.8 Å². The van der Waals surface area contributed by atoms with Gasteiger partial charge in [-0.1, -0.05) is 80.3 Å². The molecule has 6 rings (SSSR count). The summed E-state index contributed by atoms with van der Waals surface area (Å²) in [6.45, 7) is 1.93. The van der Waals surface area contributed by atoms with Crippen molar-refractivity contribution in [2.45, 2.75) is 51.6 Å². The van der Waals surface area contributed by atoms with Gasteiger partial charge in [0.2, 0.25) is 17.6 Å². The van der Waals surface area contributed by atoms with Crippen molar-refractivity contribution in [1.82, 2.24) is 4.98 Å². The van der Waals surface area contributed by atoms with Gasteiger partial charge in [-0.15, -0.1) is 0 Å². The van der Waals surface area contributed by atoms with Crippen molar-refractivity contribution in [3.63, 3.8) is 0 Å². The average molecular weight is 595 g/mol. The summed E-state index contributed by atoms with van der Waals surface area (Å²) in [7, 11) is 0. The lowest BCUT2D eigenvalue weighted by molar-refractivity contribution is -0.122. The van der Waals surface area contributed by atoms with Crippen molar-refractivity contribution in [2.75, 3.05) is 4.90 Å². The summed E-state index contributed by atoms with van der Waals surface area (Å²) in [5, 5.41) is 0.947. The largest absolute Gasteiger partial charge is 0.450 e. The number of amides is 2. The van der Waals surface area contributed by atoms with Gasteiger partial charge in [0.1, 0.15) is 0 Å². The molecule has 0 spiro atoms. The van der Waals surface area contributed by atoms with Crippen molar-refractivity contribution >= 4 is 51.8 Å². The number of anilines is 1. The molecule has 0 radical (unpaired) electrons. The molecular formula is C35H31ClN2O5. The highest BCUT2D eigenvalue weighted by Crippen LogP contribution is 2.40. The molecule has 1 aliphatic heterocycles. The van der Waals surface area contributed by atoms with Crippen molar-refractivity contribution in [3.8, 4) is 11.3 Å². The number of rotatable bonds is 8. The zero-order chi connectivity index (χ0) is 30.1. The number of benzene rings is 3. The van der Waals surface area contributed by atoms with Gasteiger partial charge in [-0.2, -0.15) is 0 Å². The Bertz CT molecular complexity index is 1700. The first kappa shape index (κ1) is 28.7. The van der Waals surface area contributed by atoms with E-state index in [4.69, 9.17) is 21.3 Å². The van der Waals surface area contributed by atoms with Crippen LogP contribution in [-0.2, 0) is 14.3 Å². The number of hydrogen-bond acceptors (Lipinski definition) is 6. The third-order valence-corrected chi connectivity index (χ3v) is 8.64. The van der Waals surface area contributed by atoms with Crippen molar-refractivity contribution < 1.29 is 23.9 Å². The molecule has 2 fully saturated rings. The molecule has 1 aromatic heterocycles. The Morgan fingerprint density at radius 1 is 0.930 bits per heavy atom. The number of esters is 1. The minimum Gasteiger partial charge on any atom is -0.450 e. The molecule has 3 aromatic carbocycles. The zero-order valence-corrected chi connectivity index (χ0v) is 24.5. The number of aromatic nitrogens is 1. The third kappa shape index (κ3) is 5.57. The number of ketones is 1. The van der Waals surface area contributed by atoms with Crippen LogP contribution in [0.4, 0.5) is 5.69 Å². The second kappa shape index (κ2) is 12.1. The Morgan fingerprint density at radius 3 is 2.26 bits per heavy atom. The number of halogens is 1. The number of fused-ring (bicyclic) bond motifs is 2. The zero-order valence-electron chi connectivity index (χ0n) is 23.8. The Hall–Kier alpha value is -4.36. The second-order valence-corrected chi connectivity index (χ2v) is 11.6. The molecule has 1 saturated carbocycles. The van der Waals surface area contributed by atoms with E-state index in [1.807, 2.05) is 13.0 Å². The van der Waals surface area contributed by atoms with Gasteiger partial charge in [0, 0.05) is 21.5 Å². The SMILES string of the molecule is CCCC(OC(=O)c1cc(-c2ccc(N3C(=O)C4CCCCC4C3=O)cc2)nc2ccc(Cl)cc12)C(=O)c1ccccc1. The molecule has 0 N–H and O–H groups in total. The topological polar surface area (TPSA) is 93.6 Å². The van der Waals surface area contributed by atoms with Crippen LogP contribution < -0.4 is 4.90 Å². The molecule has 3 unspecified atom stereocenters. The van der Waals surface area contributed by atoms with Gasteiger partial charge in [0.25, 0.3) is 0 Å². The molecule has 4 aromatic rings. The summed E-state index contributed by atoms with van der Waals surface area (Å²) in [6.07, 6.45) is 3.54. The van der Waals surface area contributed by atoms with Crippen LogP contribution in [0.1, 0.15) is 66.2 Å². The molecule has 2 aliphatic rings. The number of nitrogens with zero attached hydrogens (tertiary/aromatic N) is 2. The molecule has 43 heavy (non-hydrogen) atoms. The lowest BCUT2D eigenvalue weighted by Gasteiger charge is -2.19. The molecule has 2 heterocycles. The Kier molecular flexibility index (Phi) is 8.08. The van der Waals surface area contributed by atoms with Crippen molar-refractivity contribution in [1.29, 1.82) is 0 Å². The first-order chi connectivity index (χ1) is 20.9. The minimum atomic E-state index is -0.940. The number of ether oxygens (including phenoxy) is 1. The first-order valence-electron chi connectivity index (χ1n) is 14.7. The Morgan fingerprint density at radius 2 is 1.60 bits per heavy atom. The van der Waals surface area contributed by atoms with Crippen LogP contribution in [0.5, 0.6) is 0 Å². The summed E-state index contributed by atoms with van der Waals surface area (Å²) < 4.78 is 5.85. The average Bonchev–Trinajstić information content (AvgIpc) is 3.29. The number of hydrogen-bond donors (Lipinski definition) is 0. The van der Waals surface area contributed by atoms with E-state index < -0.39 is 12.1 Å². The summed E-state index contributed by atoms with van der Waals surface area (Å²) in [4.78, 5) is 59.1. The fourth-order valence-corrected chi connectivity index (χ4v) is 6.37. The number of carbonyl (C=O) groups is 4. The van der Waals surface area contributed by atoms with Crippen LogP contribution in [0.2, 0.25) is 5.02 Å². The smallest absolute Gasteiger partial charge is 0.339 e. The molecule has 2 amide bonds. The molecular weight excluding hydrogens is 564 g/mol. The van der Waals surface area contributed by atoms with E-state index in [1.54, 1.807) is 72.8 Å². The Labute approximate surface area is 254 Å². The summed E-state index contributed by atoms with van der Waals surface area (Å²) in [6, 6.07) is 22.6. The highest BCUT2D eigenvalue weighted by Gasteiger charge is 2.48. The maximum Gasteiger partial charge on any atom is 0.339 e. The highest BCUT2D eigenvalue weighted by atomic mass is 35.5. The van der Waals surface area contributed by atoms with E-state index in [9.17, 15) is 19.2 Å². The van der Waals surface area contributed by atoms with E-state index in [-0.39, 0.29) is 35.0 Å². The Balaban J connectivity index is 1.32. The molecule has 3 atom stereocenters. The minimum absolute atomic E-state index is 0.125. The van der Waals surface area contributed by atoms with Crippen LogP contribution in [0.3, 0.4) is 0 Å². The molecule has 218 valence electrons. The monoisotopic (exact) mass is 594 g/mol. The fourth-order valence-electron chi connectivity index (χ4n) is 6.20. The summed E-state index contributed by atoms with van der Waals surface area (Å²) in [5.74, 6) is -1.61. The number of carbonyl (C=O) groups excluding carboxylic acids is 4. The van der Waals surface area contributed by atoms with Crippen LogP contribution in [0.25, 0.3) is 22.2 Å². The van der Waals surface area contributed by atoms with Gasteiger partial charge in [-0.25, -0.2) is 9.78 Å². The van der Waals surface area contributed by atoms with Gasteiger partial charge in [0.05, 0.1) is 34.3 Å². The second-order valence-electron chi connectivity index (χ2n) is 11.2. The van der Waals surface area contributed by atoms with E-state index in [0.29, 0.717) is 51.3 Å². The lowest BCUT2D eigenvalue weighted by Crippen LogP contribution is -2.30. The van der Waals surface area contributed by atoms with Crippen LogP contribution >= 0.6 is 11.6 Å². The van der Waals surface area contributed by atoms with Gasteiger partial charge < -0.3 is 4.74 Å². The molecule has 0 bridgehead atoms. The quantitative estimate of drug-likeness (QED) is 0.119. The van der Waals surface area contributed by atoms with E-state index >= 15 is 0 Å². The number of imide groups is 1. The van der Waals surface area contributed by atoms with Crippen LogP contribution in [0.15, 0.2) is 78.9 Å². The number of Topliss-reactive ketones (excluding diaryl/α,β-unsaturated/α-hetero) is 1. The van der Waals surface area contributed by atoms with Crippen LogP contribution in [-0.4, -0.2) is 34.7 Å². The molecule has 8 heteroatoms. The molecule has 7 nitrogen and oxygen atoms in total. The number of pyridine rings is 1. The summed E-state index contributed by atoms with van der Waals surface area (Å²) >= 11 is 6.29. The van der Waals surface area contributed by atoms with E-state index in [2.05, 4.69) is 0 Å². The normalized spacial score (nSPS) is 18.9. The first-order valence-corrected chi connectivity index (χ1v) is 15.1. The molecule has 1 saturated heterocycles. The van der Waals surface area contributed by atoms with Crippen molar-refractivity contribution in [3.05, 3.63) is 95.0 Å². The molecule has 1 aliphatic carbocycles. The third-order valence-electron chi connectivity index (χ3n) is 8.40. The van der Waals surface area contributed by atoms with Gasteiger partial charge in [-0.05, 0) is 55.7 Å². The van der Waals surface area contributed by atoms with Crippen molar-refractivity contribution in [2.24, 2.45) is 11.8 Å². The highest BCUT2D eigenvalue weighted by molar-refractivity contribution is 6.31. The van der Waals surface area contributed by atoms with E-state index in [0.717, 1.165) is 25.7 Å². The van der Waals surface area contributed by atoms with Gasteiger partial charge >= 0.3 is 5.97 Å². The lowest BCUT2D eigenvalue weighted by atomic mass is 9.81. The van der Waals surface area contributed by atoms with Gasteiger partial charge in [0.15, 0.2) is 6.10 Å². The predicted octanol–water partition coefficient (Wildman–Crippen LogP) is 7.44. The fraction of sp³-hybridized carbons (Fsp3) is 0.286. The maximum atomic E-state index is 13.7. The van der Waals surface area contributed by atoms with Gasteiger partial charge in [-0.3, -0.25) is 19.3 Å². The summed E-state index contributed by atoms with van der Waals surface area (Å²) in [5.41, 5.74) is 2.98.